The van der Waals surface area contributed by atoms with Gasteiger partial charge in [-0.1, -0.05) is 62.5 Å². The van der Waals surface area contributed by atoms with Crippen molar-refractivity contribution in [2.75, 3.05) is 0 Å². The molecule has 0 spiro atoms. The summed E-state index contributed by atoms with van der Waals surface area (Å²) >= 11 is 0. The molecule has 0 atom stereocenters. The monoisotopic (exact) mass is 308 g/mol. The standard InChI is InChI=1S/C22H19BN/c1-22(2)18-10-13(23-3)8-9-14(18)16-12-21-17(11-19(16)22)15-6-4-5-7-20(15)24-21/h4-12,24H,1-3H3. The Kier molecular flexibility index (Phi) is 2.63. The Bertz CT molecular complexity index is 1120. The molecule has 1 nitrogen and oxygen atoms in total. The number of aromatic nitrogens is 1. The third kappa shape index (κ3) is 1.66. The van der Waals surface area contributed by atoms with E-state index in [-0.39, 0.29) is 5.41 Å². The Morgan fingerprint density at radius 1 is 0.792 bits per heavy atom. The average Bonchev–Trinajstić information content (AvgIpc) is 3.06. The molecule has 0 aliphatic heterocycles. The number of rotatable bonds is 1. The summed E-state index contributed by atoms with van der Waals surface area (Å²) in [4.78, 5) is 3.58. The molecule has 2 heteroatoms. The molecule has 0 amide bonds. The lowest BCUT2D eigenvalue weighted by molar-refractivity contribution is 0.662. The number of H-pyrrole nitrogens is 1. The summed E-state index contributed by atoms with van der Waals surface area (Å²) in [7, 11) is 2.18. The van der Waals surface area contributed by atoms with Gasteiger partial charge >= 0.3 is 0 Å². The highest BCUT2D eigenvalue weighted by molar-refractivity contribution is 6.52. The van der Waals surface area contributed by atoms with Crippen LogP contribution in [0, 0.1) is 0 Å². The van der Waals surface area contributed by atoms with Gasteiger partial charge in [0.2, 0.25) is 0 Å². The molecule has 0 saturated heterocycles. The average molecular weight is 308 g/mol. The summed E-state index contributed by atoms with van der Waals surface area (Å²) in [5, 5.41) is 2.64. The van der Waals surface area contributed by atoms with Gasteiger partial charge in [0.15, 0.2) is 0 Å². The van der Waals surface area contributed by atoms with E-state index in [0.29, 0.717) is 0 Å². The number of nitrogens with one attached hydrogen (secondary N) is 1. The fourth-order valence-corrected chi connectivity index (χ4v) is 4.28. The van der Waals surface area contributed by atoms with Gasteiger partial charge in [-0.25, -0.2) is 0 Å². The summed E-state index contributed by atoms with van der Waals surface area (Å²) < 4.78 is 0. The first-order valence-electron chi connectivity index (χ1n) is 8.59. The molecule has 0 fully saturated rings. The van der Waals surface area contributed by atoms with E-state index in [4.69, 9.17) is 0 Å². The first-order chi connectivity index (χ1) is 11.6. The van der Waals surface area contributed by atoms with Crippen molar-refractivity contribution in [2.45, 2.75) is 26.1 Å². The Hall–Kier alpha value is -2.48. The lowest BCUT2D eigenvalue weighted by Gasteiger charge is -2.22. The number of hydrogen-bond acceptors (Lipinski definition) is 0. The van der Waals surface area contributed by atoms with E-state index in [0.717, 1.165) is 0 Å². The Balaban J connectivity index is 1.87. The number of hydrogen-bond donors (Lipinski definition) is 1. The van der Waals surface area contributed by atoms with Crippen molar-refractivity contribution in [3.63, 3.8) is 0 Å². The number of benzene rings is 3. The van der Waals surface area contributed by atoms with Crippen LogP contribution in [-0.4, -0.2) is 12.3 Å². The maximum atomic E-state index is 3.58. The van der Waals surface area contributed by atoms with E-state index in [1.807, 2.05) is 0 Å². The second-order valence-corrected chi connectivity index (χ2v) is 7.33. The van der Waals surface area contributed by atoms with Gasteiger partial charge in [-0.3, -0.25) is 0 Å². The van der Waals surface area contributed by atoms with Crippen LogP contribution in [-0.2, 0) is 5.41 Å². The smallest absolute Gasteiger partial charge is 0.148 e. The van der Waals surface area contributed by atoms with Crippen LogP contribution in [0.4, 0.5) is 0 Å². The Morgan fingerprint density at radius 3 is 2.42 bits per heavy atom. The van der Waals surface area contributed by atoms with Crippen molar-refractivity contribution in [3.05, 3.63) is 65.7 Å². The molecule has 0 bridgehead atoms. The van der Waals surface area contributed by atoms with Crippen molar-refractivity contribution in [3.8, 4) is 11.1 Å². The molecule has 1 aromatic heterocycles. The molecule has 1 aliphatic carbocycles. The zero-order valence-corrected chi connectivity index (χ0v) is 14.3. The molecule has 1 aliphatic rings. The van der Waals surface area contributed by atoms with E-state index >= 15 is 0 Å². The first-order valence-corrected chi connectivity index (χ1v) is 8.59. The molecule has 1 radical (unpaired) electrons. The topological polar surface area (TPSA) is 15.8 Å². The predicted octanol–water partition coefficient (Wildman–Crippen LogP) is 5.01. The summed E-state index contributed by atoms with van der Waals surface area (Å²) in [6.07, 6.45) is 0. The minimum absolute atomic E-state index is 0.0379. The third-order valence-electron chi connectivity index (χ3n) is 5.66. The highest BCUT2D eigenvalue weighted by Gasteiger charge is 2.36. The molecule has 5 rings (SSSR count). The van der Waals surface area contributed by atoms with Crippen molar-refractivity contribution in [1.29, 1.82) is 0 Å². The van der Waals surface area contributed by atoms with Crippen LogP contribution in [0.15, 0.2) is 54.6 Å². The molecular weight excluding hydrogens is 289 g/mol. The molecule has 4 aromatic rings. The van der Waals surface area contributed by atoms with E-state index in [1.165, 1.54) is 49.5 Å². The van der Waals surface area contributed by atoms with Gasteiger partial charge < -0.3 is 4.98 Å². The van der Waals surface area contributed by atoms with Crippen molar-refractivity contribution < 1.29 is 0 Å². The minimum Gasteiger partial charge on any atom is -0.354 e. The molecule has 115 valence electrons. The van der Waals surface area contributed by atoms with Crippen LogP contribution in [0.5, 0.6) is 0 Å². The second-order valence-electron chi connectivity index (χ2n) is 7.33. The van der Waals surface area contributed by atoms with Gasteiger partial charge in [-0.15, -0.1) is 0 Å². The normalized spacial score (nSPS) is 14.8. The van der Waals surface area contributed by atoms with Crippen molar-refractivity contribution in [1.82, 2.24) is 4.98 Å². The fraction of sp³-hybridized carbons (Fsp3) is 0.182. The van der Waals surface area contributed by atoms with Crippen LogP contribution in [0.2, 0.25) is 6.82 Å². The fourth-order valence-electron chi connectivity index (χ4n) is 4.28. The molecule has 0 saturated carbocycles. The number of para-hydroxylation sites is 1. The number of fused-ring (bicyclic) bond motifs is 6. The van der Waals surface area contributed by atoms with E-state index in [2.05, 4.69) is 87.5 Å². The maximum Gasteiger partial charge on any atom is 0.148 e. The molecular formula is C22H19BN. The summed E-state index contributed by atoms with van der Waals surface area (Å²) in [6, 6.07) is 20.2. The van der Waals surface area contributed by atoms with Crippen LogP contribution < -0.4 is 5.46 Å². The summed E-state index contributed by atoms with van der Waals surface area (Å²) in [5.74, 6) is 0. The van der Waals surface area contributed by atoms with Gasteiger partial charge in [-0.2, -0.15) is 0 Å². The molecule has 1 heterocycles. The SMILES string of the molecule is C[B]c1ccc2c(c1)C(C)(C)c1cc3c(cc1-2)[nH]c1ccccc13. The van der Waals surface area contributed by atoms with E-state index in [9.17, 15) is 0 Å². The Morgan fingerprint density at radius 2 is 1.58 bits per heavy atom. The van der Waals surface area contributed by atoms with Gasteiger partial charge in [0.05, 0.1) is 0 Å². The zero-order chi connectivity index (χ0) is 16.5. The molecule has 24 heavy (non-hydrogen) atoms. The van der Waals surface area contributed by atoms with Crippen LogP contribution in [0.25, 0.3) is 32.9 Å². The lowest BCUT2D eigenvalue weighted by atomic mass is 9.71. The minimum atomic E-state index is 0.0379. The van der Waals surface area contributed by atoms with Gasteiger partial charge in [0, 0.05) is 27.2 Å². The van der Waals surface area contributed by atoms with Gasteiger partial charge in [-0.05, 0) is 40.5 Å². The van der Waals surface area contributed by atoms with E-state index in [1.54, 1.807) is 0 Å². The molecule has 0 unspecified atom stereocenters. The van der Waals surface area contributed by atoms with E-state index < -0.39 is 0 Å². The van der Waals surface area contributed by atoms with Crippen LogP contribution in [0.3, 0.4) is 0 Å². The lowest BCUT2D eigenvalue weighted by Crippen LogP contribution is -2.19. The first kappa shape index (κ1) is 13.9. The largest absolute Gasteiger partial charge is 0.354 e. The highest BCUT2D eigenvalue weighted by atomic mass is 14.7. The number of aromatic amines is 1. The van der Waals surface area contributed by atoms with Gasteiger partial charge in [0.25, 0.3) is 0 Å². The summed E-state index contributed by atoms with van der Waals surface area (Å²) in [5.41, 5.74) is 9.39. The predicted molar refractivity (Wildman–Crippen MR) is 105 cm³/mol. The zero-order valence-electron chi connectivity index (χ0n) is 14.3. The molecule has 1 N–H and O–H groups in total. The third-order valence-corrected chi connectivity index (χ3v) is 5.66. The van der Waals surface area contributed by atoms with Crippen LogP contribution in [0.1, 0.15) is 25.0 Å². The second kappa shape index (κ2) is 4.54. The van der Waals surface area contributed by atoms with Gasteiger partial charge in [0.1, 0.15) is 7.28 Å². The summed E-state index contributed by atoms with van der Waals surface area (Å²) in [6.45, 7) is 6.79. The van der Waals surface area contributed by atoms with Crippen LogP contribution >= 0.6 is 0 Å². The quantitative estimate of drug-likeness (QED) is 0.476. The highest BCUT2D eigenvalue weighted by Crippen LogP contribution is 2.49. The maximum absolute atomic E-state index is 3.58. The Labute approximate surface area is 143 Å². The molecule has 3 aromatic carbocycles. The van der Waals surface area contributed by atoms with Crippen molar-refractivity contribution in [2.24, 2.45) is 0 Å². The van der Waals surface area contributed by atoms with Crippen molar-refractivity contribution >= 4 is 34.5 Å².